The zero-order chi connectivity index (χ0) is 14.1. The first-order valence-corrected chi connectivity index (χ1v) is 7.74. The van der Waals surface area contributed by atoms with Crippen LogP contribution in [0, 0.1) is 20.8 Å². The minimum atomic E-state index is 0.859. The summed E-state index contributed by atoms with van der Waals surface area (Å²) >= 11 is 1.72. The van der Waals surface area contributed by atoms with Gasteiger partial charge in [0.25, 0.3) is 0 Å². The minimum Gasteiger partial charge on any atom is -0.345 e. The first kappa shape index (κ1) is 13.3. The van der Waals surface area contributed by atoms with Crippen LogP contribution < -0.4 is 9.80 Å². The molecule has 0 N–H and O–H groups in total. The van der Waals surface area contributed by atoms with Crippen LogP contribution in [0.5, 0.6) is 0 Å². The van der Waals surface area contributed by atoms with Crippen LogP contribution in [-0.4, -0.2) is 41.1 Å². The van der Waals surface area contributed by atoms with Crippen molar-refractivity contribution >= 4 is 22.4 Å². The van der Waals surface area contributed by atoms with Gasteiger partial charge in [-0.3, -0.25) is 0 Å². The third kappa shape index (κ3) is 2.75. The predicted octanol–water partition coefficient (Wildman–Crippen LogP) is 2.18. The van der Waals surface area contributed by atoms with Gasteiger partial charge in [-0.25, -0.2) is 15.0 Å². The molecular weight excluding hydrogens is 270 g/mol. The highest BCUT2D eigenvalue weighted by molar-refractivity contribution is 7.13. The summed E-state index contributed by atoms with van der Waals surface area (Å²) in [6.45, 7) is 9.93. The molecule has 0 aromatic carbocycles. The van der Waals surface area contributed by atoms with E-state index in [0.717, 1.165) is 54.3 Å². The van der Waals surface area contributed by atoms with Crippen molar-refractivity contribution in [1.29, 1.82) is 0 Å². The van der Waals surface area contributed by atoms with Gasteiger partial charge < -0.3 is 9.80 Å². The quantitative estimate of drug-likeness (QED) is 0.848. The molecule has 0 aliphatic carbocycles. The van der Waals surface area contributed by atoms with Crippen LogP contribution in [0.1, 0.15) is 17.1 Å². The van der Waals surface area contributed by atoms with Gasteiger partial charge in [-0.1, -0.05) is 0 Å². The molecule has 1 aliphatic rings. The average molecular weight is 289 g/mol. The smallest absolute Gasteiger partial charge is 0.225 e. The van der Waals surface area contributed by atoms with Crippen LogP contribution in [0.3, 0.4) is 0 Å². The molecule has 0 saturated carbocycles. The van der Waals surface area contributed by atoms with Crippen LogP contribution in [0.4, 0.5) is 11.1 Å². The molecular formula is C14H19N5S. The maximum absolute atomic E-state index is 4.56. The fourth-order valence-electron chi connectivity index (χ4n) is 2.43. The van der Waals surface area contributed by atoms with Gasteiger partial charge in [-0.15, -0.1) is 11.3 Å². The fourth-order valence-corrected chi connectivity index (χ4v) is 3.29. The standard InChI is InChI=1S/C14H19N5S/c1-10-8-11(2)16-13(15-10)18-4-6-19(7-5-18)14-17-12(3)9-20-14/h8-9H,4-7H2,1-3H3. The summed E-state index contributed by atoms with van der Waals surface area (Å²) in [5.41, 5.74) is 3.17. The van der Waals surface area contributed by atoms with Gasteiger partial charge in [0, 0.05) is 42.9 Å². The summed E-state index contributed by atoms with van der Waals surface area (Å²) in [7, 11) is 0. The fraction of sp³-hybridized carbons (Fsp3) is 0.500. The molecule has 1 fully saturated rings. The van der Waals surface area contributed by atoms with Crippen LogP contribution in [0.15, 0.2) is 11.4 Å². The van der Waals surface area contributed by atoms with Gasteiger partial charge in [0.1, 0.15) is 0 Å². The van der Waals surface area contributed by atoms with Crippen molar-refractivity contribution < 1.29 is 0 Å². The second-order valence-corrected chi connectivity index (χ2v) is 6.03. The summed E-state index contributed by atoms with van der Waals surface area (Å²) in [4.78, 5) is 18.2. The monoisotopic (exact) mass is 289 g/mol. The number of piperazine rings is 1. The zero-order valence-electron chi connectivity index (χ0n) is 12.1. The Labute approximate surface area is 123 Å². The highest BCUT2D eigenvalue weighted by Gasteiger charge is 2.21. The largest absolute Gasteiger partial charge is 0.345 e. The second-order valence-electron chi connectivity index (χ2n) is 5.20. The lowest BCUT2D eigenvalue weighted by molar-refractivity contribution is 0.636. The Morgan fingerprint density at radius 1 is 0.850 bits per heavy atom. The Balaban J connectivity index is 1.69. The molecule has 1 aliphatic heterocycles. The Morgan fingerprint density at radius 3 is 2.00 bits per heavy atom. The first-order chi connectivity index (χ1) is 9.61. The van der Waals surface area contributed by atoms with Crippen molar-refractivity contribution in [3.63, 3.8) is 0 Å². The summed E-state index contributed by atoms with van der Waals surface area (Å²) < 4.78 is 0. The Morgan fingerprint density at radius 2 is 1.45 bits per heavy atom. The number of aromatic nitrogens is 3. The lowest BCUT2D eigenvalue weighted by Crippen LogP contribution is -2.47. The van der Waals surface area contributed by atoms with Crippen molar-refractivity contribution in [3.8, 4) is 0 Å². The Hall–Kier alpha value is -1.69. The molecule has 6 heteroatoms. The summed E-state index contributed by atoms with van der Waals surface area (Å²) in [6.07, 6.45) is 0. The molecule has 5 nitrogen and oxygen atoms in total. The zero-order valence-corrected chi connectivity index (χ0v) is 12.9. The number of hydrogen-bond donors (Lipinski definition) is 0. The summed E-state index contributed by atoms with van der Waals surface area (Å²) in [6, 6.07) is 2.01. The lowest BCUT2D eigenvalue weighted by atomic mass is 10.3. The van der Waals surface area contributed by atoms with Gasteiger partial charge in [-0.05, 0) is 26.8 Å². The molecule has 20 heavy (non-hydrogen) atoms. The van der Waals surface area contributed by atoms with Crippen molar-refractivity contribution in [2.75, 3.05) is 36.0 Å². The van der Waals surface area contributed by atoms with E-state index in [1.165, 1.54) is 0 Å². The topological polar surface area (TPSA) is 45.2 Å². The SMILES string of the molecule is Cc1cc(C)nc(N2CCN(c3nc(C)cs3)CC2)n1. The summed E-state index contributed by atoms with van der Waals surface area (Å²) in [5, 5.41) is 3.23. The number of nitrogens with zero attached hydrogens (tertiary/aromatic N) is 5. The van der Waals surface area contributed by atoms with E-state index in [9.17, 15) is 0 Å². The van der Waals surface area contributed by atoms with Crippen LogP contribution in [0.2, 0.25) is 0 Å². The third-order valence-corrected chi connectivity index (χ3v) is 4.43. The number of anilines is 2. The van der Waals surface area contributed by atoms with E-state index in [1.807, 2.05) is 26.8 Å². The van der Waals surface area contributed by atoms with E-state index >= 15 is 0 Å². The Bertz CT molecular complexity index is 581. The number of aryl methyl sites for hydroxylation is 3. The lowest BCUT2D eigenvalue weighted by Gasteiger charge is -2.34. The molecule has 3 heterocycles. The Kier molecular flexibility index (Phi) is 3.56. The maximum atomic E-state index is 4.56. The van der Waals surface area contributed by atoms with Crippen LogP contribution >= 0.6 is 11.3 Å². The van der Waals surface area contributed by atoms with E-state index < -0.39 is 0 Å². The van der Waals surface area contributed by atoms with Gasteiger partial charge in [-0.2, -0.15) is 0 Å². The first-order valence-electron chi connectivity index (χ1n) is 6.86. The maximum Gasteiger partial charge on any atom is 0.225 e. The highest BCUT2D eigenvalue weighted by Crippen LogP contribution is 2.22. The predicted molar refractivity (Wildman–Crippen MR) is 82.8 cm³/mol. The molecule has 2 aromatic rings. The summed E-state index contributed by atoms with van der Waals surface area (Å²) in [5.74, 6) is 0.859. The van der Waals surface area contributed by atoms with Crippen molar-refractivity contribution in [1.82, 2.24) is 15.0 Å². The van der Waals surface area contributed by atoms with Crippen molar-refractivity contribution in [3.05, 3.63) is 28.5 Å². The van der Waals surface area contributed by atoms with E-state index in [0.29, 0.717) is 0 Å². The molecule has 106 valence electrons. The number of thiazole rings is 1. The van der Waals surface area contributed by atoms with Gasteiger partial charge >= 0.3 is 0 Å². The molecule has 0 unspecified atom stereocenters. The molecule has 0 bridgehead atoms. The van der Waals surface area contributed by atoms with Crippen molar-refractivity contribution in [2.24, 2.45) is 0 Å². The van der Waals surface area contributed by atoms with E-state index in [2.05, 4.69) is 30.1 Å². The molecule has 0 amide bonds. The molecule has 0 spiro atoms. The van der Waals surface area contributed by atoms with Gasteiger partial charge in [0.15, 0.2) is 5.13 Å². The molecule has 3 rings (SSSR count). The van der Waals surface area contributed by atoms with Crippen LogP contribution in [-0.2, 0) is 0 Å². The van der Waals surface area contributed by atoms with E-state index in [4.69, 9.17) is 0 Å². The van der Waals surface area contributed by atoms with Gasteiger partial charge in [0.05, 0.1) is 5.69 Å². The number of hydrogen-bond acceptors (Lipinski definition) is 6. The molecule has 2 aromatic heterocycles. The molecule has 0 radical (unpaired) electrons. The molecule has 0 atom stereocenters. The third-order valence-electron chi connectivity index (χ3n) is 3.41. The highest BCUT2D eigenvalue weighted by atomic mass is 32.1. The normalized spacial score (nSPS) is 15.8. The van der Waals surface area contributed by atoms with E-state index in [1.54, 1.807) is 11.3 Å². The van der Waals surface area contributed by atoms with Crippen LogP contribution in [0.25, 0.3) is 0 Å². The average Bonchev–Trinajstić information content (AvgIpc) is 2.84. The van der Waals surface area contributed by atoms with Gasteiger partial charge in [0.2, 0.25) is 5.95 Å². The van der Waals surface area contributed by atoms with E-state index in [-0.39, 0.29) is 0 Å². The second kappa shape index (κ2) is 5.36. The minimum absolute atomic E-state index is 0.859. The molecule has 1 saturated heterocycles. The van der Waals surface area contributed by atoms with Crippen molar-refractivity contribution in [2.45, 2.75) is 20.8 Å². The number of rotatable bonds is 2.